The molecule has 1 aromatic carbocycles. The van der Waals surface area contributed by atoms with Crippen LogP contribution in [0.25, 0.3) is 0 Å². The number of hydrogen-bond donors (Lipinski definition) is 1. The lowest BCUT2D eigenvalue weighted by molar-refractivity contribution is -0.123. The molecule has 0 aliphatic carbocycles. The van der Waals surface area contributed by atoms with Gasteiger partial charge in [0.05, 0.1) is 5.69 Å². The highest BCUT2D eigenvalue weighted by Crippen LogP contribution is 2.25. The number of carbonyl (C=O) groups excluding carboxylic acids is 4. The van der Waals surface area contributed by atoms with Gasteiger partial charge in [-0.05, 0) is 31.0 Å². The van der Waals surface area contributed by atoms with E-state index in [1.165, 1.54) is 0 Å². The Morgan fingerprint density at radius 3 is 2.25 bits per heavy atom. The second kappa shape index (κ2) is 6.43. The molecule has 2 saturated heterocycles. The van der Waals surface area contributed by atoms with Crippen LogP contribution >= 0.6 is 0 Å². The molecule has 0 spiro atoms. The van der Waals surface area contributed by atoms with Crippen LogP contribution in [0.15, 0.2) is 24.3 Å². The number of nitrogens with zero attached hydrogens (tertiary/aromatic N) is 2. The number of rotatable bonds is 3. The summed E-state index contributed by atoms with van der Waals surface area (Å²) >= 11 is 0. The molecule has 0 unspecified atom stereocenters. The summed E-state index contributed by atoms with van der Waals surface area (Å²) < 4.78 is 0. The molecule has 2 heterocycles. The molecule has 7 nitrogen and oxygen atoms in total. The van der Waals surface area contributed by atoms with E-state index in [1.807, 2.05) is 0 Å². The normalized spacial score (nSPS) is 19.0. The molecule has 2 aliphatic heterocycles. The summed E-state index contributed by atoms with van der Waals surface area (Å²) in [6.45, 7) is 0.941. The molecule has 1 aromatic rings. The Hall–Kier alpha value is -2.70. The highest BCUT2D eigenvalue weighted by molar-refractivity contribution is 6.20. The van der Waals surface area contributed by atoms with Crippen LogP contribution in [0.4, 0.5) is 5.69 Å². The van der Waals surface area contributed by atoms with Gasteiger partial charge in [0.25, 0.3) is 5.91 Å². The zero-order chi connectivity index (χ0) is 17.3. The van der Waals surface area contributed by atoms with Crippen LogP contribution in [0.3, 0.4) is 0 Å². The van der Waals surface area contributed by atoms with E-state index in [1.54, 1.807) is 29.2 Å². The number of primary amides is 1. The summed E-state index contributed by atoms with van der Waals surface area (Å²) in [5.41, 5.74) is 6.16. The smallest absolute Gasteiger partial charge is 0.253 e. The molecular formula is C17H19N3O4. The van der Waals surface area contributed by atoms with Crippen molar-refractivity contribution in [3.63, 3.8) is 0 Å². The van der Waals surface area contributed by atoms with Crippen molar-refractivity contribution >= 4 is 29.3 Å². The Kier molecular flexibility index (Phi) is 4.33. The minimum atomic E-state index is -0.324. The molecule has 0 bridgehead atoms. The van der Waals surface area contributed by atoms with Crippen LogP contribution < -0.4 is 10.6 Å². The Bertz CT molecular complexity index is 692. The number of benzene rings is 1. The monoisotopic (exact) mass is 329 g/mol. The summed E-state index contributed by atoms with van der Waals surface area (Å²) in [5.74, 6) is -1.16. The van der Waals surface area contributed by atoms with Gasteiger partial charge in [-0.15, -0.1) is 0 Å². The van der Waals surface area contributed by atoms with Crippen LogP contribution in [0.1, 0.15) is 36.0 Å². The van der Waals surface area contributed by atoms with Crippen molar-refractivity contribution < 1.29 is 19.2 Å². The Balaban J connectivity index is 1.75. The van der Waals surface area contributed by atoms with Crippen LogP contribution in [-0.4, -0.2) is 41.6 Å². The maximum atomic E-state index is 12.6. The largest absolute Gasteiger partial charge is 0.369 e. The van der Waals surface area contributed by atoms with Crippen LogP contribution in [-0.2, 0) is 14.4 Å². The predicted molar refractivity (Wildman–Crippen MR) is 86.0 cm³/mol. The van der Waals surface area contributed by atoms with E-state index in [-0.39, 0.29) is 42.4 Å². The highest BCUT2D eigenvalue weighted by atomic mass is 16.2. The number of hydrogen-bond acceptors (Lipinski definition) is 4. The maximum Gasteiger partial charge on any atom is 0.253 e. The molecule has 2 aliphatic rings. The molecule has 3 rings (SSSR count). The van der Waals surface area contributed by atoms with Gasteiger partial charge in [-0.2, -0.15) is 0 Å². The Morgan fingerprint density at radius 1 is 1.04 bits per heavy atom. The molecule has 2 fully saturated rings. The molecule has 0 saturated carbocycles. The first-order valence-corrected chi connectivity index (χ1v) is 8.02. The Morgan fingerprint density at radius 2 is 1.67 bits per heavy atom. The summed E-state index contributed by atoms with van der Waals surface area (Å²) in [4.78, 5) is 50.3. The first kappa shape index (κ1) is 16.2. The van der Waals surface area contributed by atoms with E-state index in [2.05, 4.69) is 0 Å². The molecule has 7 heteroatoms. The number of amides is 4. The van der Waals surface area contributed by atoms with E-state index >= 15 is 0 Å². The lowest BCUT2D eigenvalue weighted by Crippen LogP contribution is -2.41. The van der Waals surface area contributed by atoms with Crippen molar-refractivity contribution in [1.82, 2.24) is 4.90 Å². The minimum absolute atomic E-state index is 0.168. The quantitative estimate of drug-likeness (QED) is 0.824. The molecule has 0 radical (unpaired) electrons. The average molecular weight is 329 g/mol. The van der Waals surface area contributed by atoms with Crippen molar-refractivity contribution in [3.8, 4) is 0 Å². The summed E-state index contributed by atoms with van der Waals surface area (Å²) in [6, 6.07) is 6.55. The lowest BCUT2D eigenvalue weighted by atomic mass is 9.96. The molecule has 0 atom stereocenters. The molecule has 126 valence electrons. The van der Waals surface area contributed by atoms with E-state index in [4.69, 9.17) is 5.73 Å². The SMILES string of the molecule is NC(=O)C1CCN(C(=O)c2cccc(N3C(=O)CCC3=O)c2)CC1. The first-order valence-electron chi connectivity index (χ1n) is 8.02. The van der Waals surface area contributed by atoms with Gasteiger partial charge in [0.1, 0.15) is 0 Å². The number of piperidine rings is 1. The summed E-state index contributed by atoms with van der Waals surface area (Å²) in [5, 5.41) is 0. The number of imide groups is 1. The van der Waals surface area contributed by atoms with Crippen molar-refractivity contribution in [2.75, 3.05) is 18.0 Å². The molecule has 24 heavy (non-hydrogen) atoms. The lowest BCUT2D eigenvalue weighted by Gasteiger charge is -2.30. The number of anilines is 1. The van der Waals surface area contributed by atoms with Crippen molar-refractivity contribution in [2.45, 2.75) is 25.7 Å². The third kappa shape index (κ3) is 3.02. The van der Waals surface area contributed by atoms with E-state index < -0.39 is 0 Å². The fourth-order valence-electron chi connectivity index (χ4n) is 3.19. The maximum absolute atomic E-state index is 12.6. The zero-order valence-corrected chi connectivity index (χ0v) is 13.2. The van der Waals surface area contributed by atoms with E-state index in [9.17, 15) is 19.2 Å². The molecule has 4 amide bonds. The minimum Gasteiger partial charge on any atom is -0.369 e. The van der Waals surface area contributed by atoms with Crippen molar-refractivity contribution in [1.29, 1.82) is 0 Å². The van der Waals surface area contributed by atoms with Gasteiger partial charge in [-0.3, -0.25) is 24.1 Å². The van der Waals surface area contributed by atoms with Crippen LogP contribution in [0.2, 0.25) is 0 Å². The van der Waals surface area contributed by atoms with Gasteiger partial charge in [0.2, 0.25) is 17.7 Å². The average Bonchev–Trinajstić information content (AvgIpc) is 2.93. The van der Waals surface area contributed by atoms with Crippen LogP contribution in [0, 0.1) is 5.92 Å². The summed E-state index contributed by atoms with van der Waals surface area (Å²) in [6.07, 6.45) is 1.53. The van der Waals surface area contributed by atoms with E-state index in [0.29, 0.717) is 37.2 Å². The van der Waals surface area contributed by atoms with Crippen LogP contribution in [0.5, 0.6) is 0 Å². The van der Waals surface area contributed by atoms with E-state index in [0.717, 1.165) is 4.90 Å². The second-order valence-corrected chi connectivity index (χ2v) is 6.14. The highest BCUT2D eigenvalue weighted by Gasteiger charge is 2.31. The van der Waals surface area contributed by atoms with Gasteiger partial charge in [-0.1, -0.05) is 6.07 Å². The van der Waals surface area contributed by atoms with Gasteiger partial charge in [-0.25, -0.2) is 0 Å². The summed E-state index contributed by atoms with van der Waals surface area (Å²) in [7, 11) is 0. The number of nitrogens with two attached hydrogens (primary N) is 1. The zero-order valence-electron chi connectivity index (χ0n) is 13.2. The standard InChI is InChI=1S/C17H19N3O4/c18-16(23)11-6-8-19(9-7-11)17(24)12-2-1-3-13(10-12)20-14(21)4-5-15(20)22/h1-3,10-11H,4-9H2,(H2,18,23). The van der Waals surface area contributed by atoms with Gasteiger partial charge in [0, 0.05) is 37.4 Å². The molecule has 0 aromatic heterocycles. The fraction of sp³-hybridized carbons (Fsp3) is 0.412. The third-order valence-electron chi connectivity index (χ3n) is 4.59. The van der Waals surface area contributed by atoms with Gasteiger partial charge in [0.15, 0.2) is 0 Å². The number of carbonyl (C=O) groups is 4. The number of likely N-dealkylation sites (tertiary alicyclic amines) is 1. The predicted octanol–water partition coefficient (Wildman–Crippen LogP) is 0.677. The topological polar surface area (TPSA) is 101 Å². The van der Waals surface area contributed by atoms with Gasteiger partial charge < -0.3 is 10.6 Å². The van der Waals surface area contributed by atoms with Crippen molar-refractivity contribution in [2.24, 2.45) is 11.7 Å². The van der Waals surface area contributed by atoms with Gasteiger partial charge >= 0.3 is 0 Å². The molecule has 2 N–H and O–H groups in total. The first-order chi connectivity index (χ1) is 11.5. The molecular weight excluding hydrogens is 310 g/mol. The van der Waals surface area contributed by atoms with Crippen molar-refractivity contribution in [3.05, 3.63) is 29.8 Å². The Labute approximate surface area is 139 Å². The second-order valence-electron chi connectivity index (χ2n) is 6.14. The third-order valence-corrected chi connectivity index (χ3v) is 4.59. The fourth-order valence-corrected chi connectivity index (χ4v) is 3.19.